The lowest BCUT2D eigenvalue weighted by Crippen LogP contribution is -2.33. The van der Waals surface area contributed by atoms with Crippen LogP contribution >= 0.6 is 0 Å². The fraction of sp³-hybridized carbons (Fsp3) is 0.381. The van der Waals surface area contributed by atoms with Gasteiger partial charge in [-0.3, -0.25) is 14.6 Å². The molecule has 0 atom stereocenters. The number of aromatic nitrogens is 1. The van der Waals surface area contributed by atoms with E-state index in [1.54, 1.807) is 11.0 Å². The summed E-state index contributed by atoms with van der Waals surface area (Å²) >= 11 is 0. The van der Waals surface area contributed by atoms with Gasteiger partial charge in [0.1, 0.15) is 0 Å². The summed E-state index contributed by atoms with van der Waals surface area (Å²) in [5.74, 6) is 1.00. The molecule has 2 aromatic rings. The first kappa shape index (κ1) is 19.7. The number of carbonyl (C=O) groups excluding carboxylic acids is 2. The van der Waals surface area contributed by atoms with Crippen LogP contribution in [0.15, 0.2) is 36.7 Å². The molecule has 28 heavy (non-hydrogen) atoms. The second kappa shape index (κ2) is 9.21. The van der Waals surface area contributed by atoms with Gasteiger partial charge in [-0.1, -0.05) is 19.9 Å². The van der Waals surface area contributed by atoms with Crippen molar-refractivity contribution in [1.82, 2.24) is 15.2 Å². The molecule has 3 rings (SSSR count). The molecule has 0 fully saturated rings. The minimum Gasteiger partial charge on any atom is -0.454 e. The molecule has 1 aromatic heterocycles. The Hall–Kier alpha value is -3.09. The predicted octanol–water partition coefficient (Wildman–Crippen LogP) is 3.00. The normalized spacial score (nSPS) is 11.9. The Balaban J connectivity index is 1.65. The maximum absolute atomic E-state index is 12.7. The first-order valence-corrected chi connectivity index (χ1v) is 9.53. The molecule has 0 unspecified atom stereocenters. The van der Waals surface area contributed by atoms with Crippen LogP contribution in [0.4, 0.5) is 0 Å². The Kier molecular flexibility index (Phi) is 6.47. The summed E-state index contributed by atoms with van der Waals surface area (Å²) in [7, 11) is 0. The minimum atomic E-state index is -0.280. The van der Waals surface area contributed by atoms with Crippen LogP contribution < -0.4 is 14.8 Å². The van der Waals surface area contributed by atoms with Gasteiger partial charge in [-0.25, -0.2) is 0 Å². The van der Waals surface area contributed by atoms with Crippen LogP contribution in [-0.4, -0.2) is 41.6 Å². The third-order valence-electron chi connectivity index (χ3n) is 4.41. The molecule has 0 aliphatic carbocycles. The van der Waals surface area contributed by atoms with Gasteiger partial charge in [0.15, 0.2) is 11.5 Å². The van der Waals surface area contributed by atoms with E-state index >= 15 is 0 Å². The van der Waals surface area contributed by atoms with E-state index in [0.29, 0.717) is 42.3 Å². The highest BCUT2D eigenvalue weighted by Gasteiger charge is 2.17. The smallest absolute Gasteiger partial charge is 0.255 e. The van der Waals surface area contributed by atoms with E-state index in [9.17, 15) is 9.59 Å². The van der Waals surface area contributed by atoms with Crippen molar-refractivity contribution in [2.24, 2.45) is 0 Å². The van der Waals surface area contributed by atoms with Gasteiger partial charge < -0.3 is 19.7 Å². The van der Waals surface area contributed by atoms with Crippen molar-refractivity contribution in [2.75, 3.05) is 19.9 Å². The Bertz CT molecular complexity index is 847. The molecule has 7 nitrogen and oxygen atoms in total. The van der Waals surface area contributed by atoms with Gasteiger partial charge in [-0.15, -0.1) is 0 Å². The monoisotopic (exact) mass is 383 g/mol. The number of rotatable bonds is 8. The number of pyridine rings is 1. The highest BCUT2D eigenvalue weighted by molar-refractivity contribution is 5.99. The summed E-state index contributed by atoms with van der Waals surface area (Å²) in [5, 5.41) is 2.85. The zero-order valence-electron chi connectivity index (χ0n) is 16.2. The number of nitrogens with zero attached hydrogens (tertiary/aromatic N) is 2. The van der Waals surface area contributed by atoms with Gasteiger partial charge in [0, 0.05) is 32.0 Å². The van der Waals surface area contributed by atoms with E-state index in [1.807, 2.05) is 32.0 Å². The number of hydrogen-bond acceptors (Lipinski definition) is 5. The number of nitrogens with one attached hydrogen (secondary N) is 1. The molecule has 0 saturated carbocycles. The zero-order valence-corrected chi connectivity index (χ0v) is 16.2. The van der Waals surface area contributed by atoms with Gasteiger partial charge in [0.05, 0.1) is 11.1 Å². The molecule has 1 N–H and O–H groups in total. The van der Waals surface area contributed by atoms with Gasteiger partial charge in [-0.05, 0) is 36.6 Å². The third kappa shape index (κ3) is 4.60. The maximum Gasteiger partial charge on any atom is 0.255 e. The molecule has 7 heteroatoms. The quantitative estimate of drug-likeness (QED) is 0.758. The molecule has 0 spiro atoms. The van der Waals surface area contributed by atoms with Crippen LogP contribution in [0.2, 0.25) is 0 Å². The van der Waals surface area contributed by atoms with Crippen LogP contribution in [0.25, 0.3) is 0 Å². The third-order valence-corrected chi connectivity index (χ3v) is 4.41. The Morgan fingerprint density at radius 2 is 1.75 bits per heavy atom. The number of hydrogen-bond donors (Lipinski definition) is 1. The lowest BCUT2D eigenvalue weighted by molar-refractivity contribution is 0.0755. The van der Waals surface area contributed by atoms with Gasteiger partial charge in [-0.2, -0.15) is 0 Å². The van der Waals surface area contributed by atoms with Crippen molar-refractivity contribution in [3.05, 3.63) is 53.3 Å². The Morgan fingerprint density at radius 3 is 2.50 bits per heavy atom. The topological polar surface area (TPSA) is 80.8 Å². The van der Waals surface area contributed by atoms with E-state index < -0.39 is 0 Å². The van der Waals surface area contributed by atoms with E-state index in [2.05, 4.69) is 10.3 Å². The molecule has 0 radical (unpaired) electrons. The standard InChI is InChI=1S/C21H25N3O4/c1-3-7-24(8-4-2)21(26)17-10-16(12-22-13-17)20(25)23-11-15-5-6-18-19(9-15)28-14-27-18/h5-6,9-10,12-13H,3-4,7-8,11,14H2,1-2H3,(H,23,25). The van der Waals surface area contributed by atoms with Crippen LogP contribution in [0.1, 0.15) is 53.0 Å². The largest absolute Gasteiger partial charge is 0.454 e. The number of ether oxygens (including phenoxy) is 2. The first-order valence-electron chi connectivity index (χ1n) is 9.53. The molecule has 0 saturated heterocycles. The maximum atomic E-state index is 12.7. The second-order valence-corrected chi connectivity index (χ2v) is 6.62. The highest BCUT2D eigenvalue weighted by atomic mass is 16.7. The molecular weight excluding hydrogens is 358 g/mol. The molecule has 1 aliphatic heterocycles. The van der Waals surface area contributed by atoms with Gasteiger partial charge >= 0.3 is 0 Å². The van der Waals surface area contributed by atoms with Gasteiger partial charge in [0.25, 0.3) is 11.8 Å². The van der Waals surface area contributed by atoms with Crippen molar-refractivity contribution in [2.45, 2.75) is 33.2 Å². The van der Waals surface area contributed by atoms with Gasteiger partial charge in [0.2, 0.25) is 6.79 Å². The van der Waals surface area contributed by atoms with Crippen LogP contribution in [-0.2, 0) is 6.54 Å². The lowest BCUT2D eigenvalue weighted by Gasteiger charge is -2.21. The minimum absolute atomic E-state index is 0.0957. The first-order chi connectivity index (χ1) is 13.6. The molecular formula is C21H25N3O4. The Labute approximate surface area is 164 Å². The zero-order chi connectivity index (χ0) is 19.9. The molecule has 1 aliphatic rings. The average molecular weight is 383 g/mol. The van der Waals surface area contributed by atoms with Crippen LogP contribution in [0.3, 0.4) is 0 Å². The van der Waals surface area contributed by atoms with Crippen LogP contribution in [0.5, 0.6) is 11.5 Å². The predicted molar refractivity (Wildman–Crippen MR) is 104 cm³/mol. The van der Waals surface area contributed by atoms with Crippen molar-refractivity contribution in [3.63, 3.8) is 0 Å². The van der Waals surface area contributed by atoms with E-state index in [0.717, 1.165) is 18.4 Å². The second-order valence-electron chi connectivity index (χ2n) is 6.62. The molecule has 0 bridgehead atoms. The fourth-order valence-electron chi connectivity index (χ4n) is 3.05. The van der Waals surface area contributed by atoms with Crippen LogP contribution in [0, 0.1) is 0 Å². The molecule has 2 heterocycles. The van der Waals surface area contributed by atoms with Crippen molar-refractivity contribution in [3.8, 4) is 11.5 Å². The molecule has 2 amide bonds. The molecule has 148 valence electrons. The summed E-state index contributed by atoms with van der Waals surface area (Å²) in [6, 6.07) is 7.14. The highest BCUT2D eigenvalue weighted by Crippen LogP contribution is 2.32. The summed E-state index contributed by atoms with van der Waals surface area (Å²) in [6.07, 6.45) is 4.74. The van der Waals surface area contributed by atoms with Crippen molar-refractivity contribution >= 4 is 11.8 Å². The number of amides is 2. The summed E-state index contributed by atoms with van der Waals surface area (Å²) in [5.41, 5.74) is 1.69. The van der Waals surface area contributed by atoms with Crippen molar-refractivity contribution in [1.29, 1.82) is 0 Å². The van der Waals surface area contributed by atoms with E-state index in [1.165, 1.54) is 12.4 Å². The summed E-state index contributed by atoms with van der Waals surface area (Å²) in [4.78, 5) is 31.1. The van der Waals surface area contributed by atoms with E-state index in [-0.39, 0.29) is 18.6 Å². The summed E-state index contributed by atoms with van der Waals surface area (Å²) < 4.78 is 10.6. The van der Waals surface area contributed by atoms with E-state index in [4.69, 9.17) is 9.47 Å². The SMILES string of the molecule is CCCN(CCC)C(=O)c1cncc(C(=O)NCc2ccc3c(c2)OCO3)c1. The average Bonchev–Trinajstić information content (AvgIpc) is 3.19. The lowest BCUT2D eigenvalue weighted by atomic mass is 10.1. The molecule has 1 aromatic carbocycles. The summed E-state index contributed by atoms with van der Waals surface area (Å²) in [6.45, 7) is 6.00. The Morgan fingerprint density at radius 1 is 1.04 bits per heavy atom. The number of benzene rings is 1. The number of carbonyl (C=O) groups is 2. The van der Waals surface area contributed by atoms with Crippen molar-refractivity contribution < 1.29 is 19.1 Å². The fourth-order valence-corrected chi connectivity index (χ4v) is 3.05. The number of fused-ring (bicyclic) bond motifs is 1.